The van der Waals surface area contributed by atoms with Crippen LogP contribution in [0.1, 0.15) is 29.0 Å². The van der Waals surface area contributed by atoms with Crippen molar-refractivity contribution in [3.63, 3.8) is 0 Å². The molecule has 0 radical (unpaired) electrons. The van der Waals surface area contributed by atoms with Crippen LogP contribution in [0, 0.1) is 18.8 Å². The predicted octanol–water partition coefficient (Wildman–Crippen LogP) is 5.16. The van der Waals surface area contributed by atoms with E-state index >= 15 is 0 Å². The topological polar surface area (TPSA) is 51.2 Å². The first kappa shape index (κ1) is 22.4. The number of Topliss-reactive ketones (excluding diaryl/α,β-unsaturated/α-hetero) is 1. The lowest BCUT2D eigenvalue weighted by Gasteiger charge is -2.19. The van der Waals surface area contributed by atoms with E-state index in [1.807, 2.05) is 6.07 Å². The Labute approximate surface area is 180 Å². The quantitative estimate of drug-likeness (QED) is 0.500. The molecule has 31 heavy (non-hydrogen) atoms. The van der Waals surface area contributed by atoms with E-state index in [4.69, 9.17) is 0 Å². The van der Waals surface area contributed by atoms with Gasteiger partial charge in [-0.25, -0.2) is 8.42 Å². The summed E-state index contributed by atoms with van der Waals surface area (Å²) in [5, 5.41) is -4.57. The molecule has 0 aliphatic rings. The molecule has 0 saturated carbocycles. The van der Waals surface area contributed by atoms with E-state index in [1.165, 1.54) is 18.2 Å². The van der Waals surface area contributed by atoms with Crippen molar-refractivity contribution in [2.75, 3.05) is 0 Å². The third kappa shape index (κ3) is 4.89. The Kier molecular flexibility index (Phi) is 6.67. The molecule has 0 spiro atoms. The molecule has 0 fully saturated rings. The van der Waals surface area contributed by atoms with E-state index in [2.05, 4.69) is 11.8 Å². The number of aryl methyl sites for hydroxylation is 1. The lowest BCUT2D eigenvalue weighted by molar-refractivity contribution is -0.133. The van der Waals surface area contributed by atoms with Gasteiger partial charge in [0, 0.05) is 12.0 Å². The first-order valence-corrected chi connectivity index (χ1v) is 11.0. The molecule has 3 aromatic rings. The predicted molar refractivity (Wildman–Crippen MR) is 115 cm³/mol. The molecule has 6 heteroatoms. The fourth-order valence-electron chi connectivity index (χ4n) is 3.11. The van der Waals surface area contributed by atoms with Gasteiger partial charge in [-0.2, -0.15) is 8.78 Å². The summed E-state index contributed by atoms with van der Waals surface area (Å²) < 4.78 is 54.6. The van der Waals surface area contributed by atoms with Gasteiger partial charge < -0.3 is 0 Å². The molecule has 0 aliphatic carbocycles. The van der Waals surface area contributed by atoms with Gasteiger partial charge in [-0.3, -0.25) is 4.79 Å². The van der Waals surface area contributed by atoms with Crippen LogP contribution in [0.25, 0.3) is 0 Å². The molecule has 3 rings (SSSR count). The van der Waals surface area contributed by atoms with Crippen molar-refractivity contribution in [2.24, 2.45) is 0 Å². The van der Waals surface area contributed by atoms with Crippen molar-refractivity contribution in [3.8, 4) is 11.8 Å². The van der Waals surface area contributed by atoms with Crippen LogP contribution in [-0.4, -0.2) is 19.5 Å². The number of halogens is 2. The number of ketones is 1. The number of sulfone groups is 1. The van der Waals surface area contributed by atoms with Crippen LogP contribution >= 0.6 is 0 Å². The summed E-state index contributed by atoms with van der Waals surface area (Å²) in [7, 11) is -5.17. The van der Waals surface area contributed by atoms with Crippen LogP contribution in [-0.2, 0) is 14.6 Å². The van der Waals surface area contributed by atoms with Crippen LogP contribution in [0.2, 0.25) is 0 Å². The average Bonchev–Trinajstić information content (AvgIpc) is 2.78. The molecule has 0 N–H and O–H groups in total. The average molecular weight is 438 g/mol. The molecule has 0 bridgehead atoms. The van der Waals surface area contributed by atoms with Gasteiger partial charge in [0.05, 0.1) is 10.8 Å². The zero-order valence-corrected chi connectivity index (χ0v) is 17.6. The third-order valence-corrected chi connectivity index (χ3v) is 6.63. The van der Waals surface area contributed by atoms with Crippen LogP contribution in [0.3, 0.4) is 0 Å². The minimum Gasteiger partial charge on any atom is -0.292 e. The van der Waals surface area contributed by atoms with Gasteiger partial charge >= 0.3 is 5.25 Å². The van der Waals surface area contributed by atoms with Gasteiger partial charge in [-0.1, -0.05) is 72.5 Å². The number of alkyl halides is 2. The molecule has 0 amide bonds. The first-order chi connectivity index (χ1) is 14.7. The summed E-state index contributed by atoms with van der Waals surface area (Å²) in [5.74, 6) is 3.22. The van der Waals surface area contributed by atoms with Crippen molar-refractivity contribution in [2.45, 2.75) is 29.4 Å². The van der Waals surface area contributed by atoms with Gasteiger partial charge in [0.25, 0.3) is 9.84 Å². The maximum Gasteiger partial charge on any atom is 0.406 e. The fourth-order valence-corrected chi connectivity index (χ4v) is 4.30. The minimum atomic E-state index is -5.17. The summed E-state index contributed by atoms with van der Waals surface area (Å²) in [5.41, 5.74) is 2.04. The van der Waals surface area contributed by atoms with E-state index in [0.29, 0.717) is 11.1 Å². The zero-order valence-electron chi connectivity index (χ0n) is 16.8. The number of benzene rings is 3. The Morgan fingerprint density at radius 1 is 0.903 bits per heavy atom. The number of carbonyl (C=O) groups excluding carboxylic acids is 1. The van der Waals surface area contributed by atoms with E-state index in [9.17, 15) is 22.0 Å². The van der Waals surface area contributed by atoms with Crippen LogP contribution < -0.4 is 0 Å². The molecule has 0 aliphatic heterocycles. The smallest absolute Gasteiger partial charge is 0.292 e. The SMILES string of the molecule is Cc1ccccc1[C@H](C#Cc1ccccc1)CC(=O)C(F)(F)S(=O)(=O)c1ccccc1. The summed E-state index contributed by atoms with van der Waals surface area (Å²) in [4.78, 5) is 12.0. The standard InChI is InChI=1S/C25H20F2O3S/c1-19-10-8-9-15-23(19)21(17-16-20-11-4-2-5-12-20)18-24(28)25(26,27)31(29,30)22-13-6-3-7-14-22/h2-15,21H,18H2,1H3/t21-/m1/s1. The highest BCUT2D eigenvalue weighted by atomic mass is 32.2. The van der Waals surface area contributed by atoms with Crippen LogP contribution in [0.15, 0.2) is 89.8 Å². The minimum absolute atomic E-state index is 0.601. The van der Waals surface area contributed by atoms with Crippen molar-refractivity contribution >= 4 is 15.6 Å². The molecule has 0 saturated heterocycles. The normalized spacial score (nSPS) is 12.5. The molecule has 158 valence electrons. The van der Waals surface area contributed by atoms with E-state index in [0.717, 1.165) is 17.7 Å². The lowest BCUT2D eigenvalue weighted by Crippen LogP contribution is -2.38. The zero-order chi connectivity index (χ0) is 22.5. The fraction of sp³-hybridized carbons (Fsp3) is 0.160. The van der Waals surface area contributed by atoms with Crippen molar-refractivity contribution < 1.29 is 22.0 Å². The van der Waals surface area contributed by atoms with Gasteiger partial charge in [-0.15, -0.1) is 0 Å². The number of hydrogen-bond donors (Lipinski definition) is 0. The van der Waals surface area contributed by atoms with Gasteiger partial charge in [0.15, 0.2) is 0 Å². The summed E-state index contributed by atoms with van der Waals surface area (Å²) in [6.45, 7) is 1.79. The molecular formula is C25H20F2O3S. The maximum absolute atomic E-state index is 14.8. The van der Waals surface area contributed by atoms with Crippen LogP contribution in [0.4, 0.5) is 8.78 Å². The summed E-state index contributed by atoms with van der Waals surface area (Å²) in [6, 6.07) is 22.2. The van der Waals surface area contributed by atoms with Crippen LogP contribution in [0.5, 0.6) is 0 Å². The number of rotatable bonds is 6. The Morgan fingerprint density at radius 2 is 1.45 bits per heavy atom. The van der Waals surface area contributed by atoms with Gasteiger partial charge in [0.1, 0.15) is 0 Å². The highest BCUT2D eigenvalue weighted by Crippen LogP contribution is 2.34. The van der Waals surface area contributed by atoms with E-state index in [-0.39, 0.29) is 0 Å². The maximum atomic E-state index is 14.8. The van der Waals surface area contributed by atoms with Gasteiger partial charge in [-0.05, 0) is 42.3 Å². The highest BCUT2D eigenvalue weighted by Gasteiger charge is 2.53. The lowest BCUT2D eigenvalue weighted by atomic mass is 9.90. The molecule has 0 unspecified atom stereocenters. The Balaban J connectivity index is 1.96. The molecule has 0 aromatic heterocycles. The van der Waals surface area contributed by atoms with Crippen molar-refractivity contribution in [1.82, 2.24) is 0 Å². The monoisotopic (exact) mass is 438 g/mol. The highest BCUT2D eigenvalue weighted by molar-refractivity contribution is 7.93. The van der Waals surface area contributed by atoms with Crippen molar-refractivity contribution in [1.29, 1.82) is 0 Å². The largest absolute Gasteiger partial charge is 0.406 e. The molecule has 3 nitrogen and oxygen atoms in total. The third-order valence-electron chi connectivity index (χ3n) is 4.83. The van der Waals surface area contributed by atoms with E-state index < -0.39 is 38.1 Å². The second-order valence-corrected chi connectivity index (χ2v) is 9.00. The first-order valence-electron chi connectivity index (χ1n) is 9.56. The Hall–Kier alpha value is -3.30. The second kappa shape index (κ2) is 9.23. The molecule has 0 heterocycles. The second-order valence-electron chi connectivity index (χ2n) is 7.01. The summed E-state index contributed by atoms with van der Waals surface area (Å²) >= 11 is 0. The van der Waals surface area contributed by atoms with Gasteiger partial charge in [0.2, 0.25) is 5.78 Å². The molecule has 3 aromatic carbocycles. The number of carbonyl (C=O) groups is 1. The number of hydrogen-bond acceptors (Lipinski definition) is 3. The Bertz CT molecular complexity index is 1230. The summed E-state index contributed by atoms with van der Waals surface area (Å²) in [6.07, 6.45) is -0.732. The molecular weight excluding hydrogens is 418 g/mol. The van der Waals surface area contributed by atoms with E-state index in [1.54, 1.807) is 55.5 Å². The Morgan fingerprint density at radius 3 is 2.06 bits per heavy atom. The van der Waals surface area contributed by atoms with Crippen molar-refractivity contribution in [3.05, 3.63) is 102 Å². The molecule has 1 atom stereocenters.